The van der Waals surface area contributed by atoms with Gasteiger partial charge in [-0.05, 0) is 5.57 Å². The van der Waals surface area contributed by atoms with Gasteiger partial charge in [0, 0.05) is 23.0 Å². The highest BCUT2D eigenvalue weighted by Crippen LogP contribution is 2.41. The van der Waals surface area contributed by atoms with Crippen molar-refractivity contribution >= 4 is 74.8 Å². The first kappa shape index (κ1) is 25.2. The first-order chi connectivity index (χ1) is 17.9. The number of anilines is 1. The van der Waals surface area contributed by atoms with Crippen LogP contribution in [0.3, 0.4) is 0 Å². The maximum Gasteiger partial charge on any atom is 0.352 e. The Morgan fingerprint density at radius 3 is 2.95 bits per heavy atom. The van der Waals surface area contributed by atoms with E-state index in [0.717, 1.165) is 11.3 Å². The van der Waals surface area contributed by atoms with Crippen molar-refractivity contribution in [2.24, 2.45) is 5.16 Å². The van der Waals surface area contributed by atoms with Crippen LogP contribution in [0.15, 0.2) is 48.5 Å². The fourth-order valence-corrected chi connectivity index (χ4v) is 6.98. The van der Waals surface area contributed by atoms with E-state index in [1.807, 2.05) is 0 Å². The first-order valence-corrected chi connectivity index (χ1v) is 14.1. The van der Waals surface area contributed by atoms with Gasteiger partial charge in [0.25, 0.3) is 11.8 Å². The Morgan fingerprint density at radius 2 is 2.27 bits per heavy atom. The molecule has 14 nitrogen and oxygen atoms in total. The van der Waals surface area contributed by atoms with Gasteiger partial charge in [-0.3, -0.25) is 14.5 Å². The molecule has 1 saturated heterocycles. The lowest BCUT2D eigenvalue weighted by atomic mass is 10.0. The second-order valence-corrected chi connectivity index (χ2v) is 11.4. The highest BCUT2D eigenvalue weighted by Gasteiger charge is 2.54. The molecule has 2 amide bonds. The molecular formula is C19H16N8O6S4. The van der Waals surface area contributed by atoms with Crippen LogP contribution in [0, 0.1) is 0 Å². The van der Waals surface area contributed by atoms with Crippen molar-refractivity contribution in [3.05, 3.63) is 45.9 Å². The summed E-state index contributed by atoms with van der Waals surface area (Å²) in [5, 5.41) is 28.9. The van der Waals surface area contributed by atoms with Crippen LogP contribution in [0.25, 0.3) is 0 Å². The van der Waals surface area contributed by atoms with Crippen LogP contribution in [0.1, 0.15) is 11.4 Å². The molecule has 3 aromatic heterocycles. The Morgan fingerprint density at radius 1 is 1.41 bits per heavy atom. The molecular weight excluding hydrogens is 565 g/mol. The highest BCUT2D eigenvalue weighted by atomic mass is 32.2. The zero-order valence-corrected chi connectivity index (χ0v) is 21.7. The number of nitrogens with one attached hydrogen (secondary N) is 1. The molecule has 4 N–H and O–H groups in total. The van der Waals surface area contributed by atoms with Gasteiger partial charge in [-0.1, -0.05) is 33.4 Å². The SMILES string of the molecule is Nc1nc(/C(=N/OCc2ccon2)C(=O)NC2C(=O)N3C(C(=O)O)=C(CSc4nncs4)CS[C@H]23)cs1. The van der Waals surface area contributed by atoms with Crippen molar-refractivity contribution in [2.45, 2.75) is 22.4 Å². The molecule has 0 aliphatic carbocycles. The number of fused-ring (bicyclic) bond motifs is 1. The monoisotopic (exact) mass is 580 g/mol. The highest BCUT2D eigenvalue weighted by molar-refractivity contribution is 8.01. The van der Waals surface area contributed by atoms with Crippen molar-refractivity contribution in [3.8, 4) is 0 Å². The molecule has 3 aromatic rings. The number of carboxylic acid groups (broad SMARTS) is 1. The molecule has 18 heteroatoms. The summed E-state index contributed by atoms with van der Waals surface area (Å²) in [5.74, 6) is -1.75. The van der Waals surface area contributed by atoms with Crippen molar-refractivity contribution in [3.63, 3.8) is 0 Å². The van der Waals surface area contributed by atoms with Crippen LogP contribution in [0.2, 0.25) is 0 Å². The molecule has 0 aromatic carbocycles. The number of nitrogens with zero attached hydrogens (tertiary/aromatic N) is 6. The zero-order chi connectivity index (χ0) is 25.9. The molecule has 5 heterocycles. The number of thiazole rings is 1. The molecule has 0 spiro atoms. The molecule has 1 unspecified atom stereocenters. The normalized spacial score (nSPS) is 19.4. The third-order valence-corrected chi connectivity index (χ3v) is 9.05. The lowest BCUT2D eigenvalue weighted by Crippen LogP contribution is -2.71. The Kier molecular flexibility index (Phi) is 7.40. The third-order valence-electron chi connectivity index (χ3n) is 5.09. The summed E-state index contributed by atoms with van der Waals surface area (Å²) >= 11 is 5.17. The number of nitrogens with two attached hydrogens (primary N) is 1. The lowest BCUT2D eigenvalue weighted by Gasteiger charge is -2.49. The number of hydrogen-bond donors (Lipinski definition) is 3. The fourth-order valence-electron chi connectivity index (χ4n) is 3.45. The fraction of sp³-hybridized carbons (Fsp3) is 0.263. The Bertz CT molecular complexity index is 1370. The van der Waals surface area contributed by atoms with Crippen molar-refractivity contribution in [1.29, 1.82) is 0 Å². The minimum atomic E-state index is -1.21. The van der Waals surface area contributed by atoms with E-state index >= 15 is 0 Å². The van der Waals surface area contributed by atoms with Crippen LogP contribution in [-0.4, -0.2) is 76.8 Å². The molecule has 1 fully saturated rings. The number of amides is 2. The van der Waals surface area contributed by atoms with Gasteiger partial charge in [0.05, 0.1) is 0 Å². The largest absolute Gasteiger partial charge is 0.477 e. The molecule has 37 heavy (non-hydrogen) atoms. The van der Waals surface area contributed by atoms with Crippen LogP contribution in [0.5, 0.6) is 0 Å². The van der Waals surface area contributed by atoms with Crippen molar-refractivity contribution in [2.75, 3.05) is 17.2 Å². The lowest BCUT2D eigenvalue weighted by molar-refractivity contribution is -0.150. The van der Waals surface area contributed by atoms with E-state index in [4.69, 9.17) is 15.1 Å². The number of thioether (sulfide) groups is 2. The summed E-state index contributed by atoms with van der Waals surface area (Å²) in [4.78, 5) is 48.7. The molecule has 2 atom stereocenters. The number of β-lactam (4-membered cyclic amide) rings is 1. The van der Waals surface area contributed by atoms with Crippen LogP contribution < -0.4 is 11.1 Å². The summed E-state index contributed by atoms with van der Waals surface area (Å²) in [5.41, 5.74) is 8.25. The molecule has 2 aliphatic rings. The molecule has 0 saturated carbocycles. The topological polar surface area (TPSA) is 199 Å². The number of carbonyl (C=O) groups excluding carboxylic acids is 2. The van der Waals surface area contributed by atoms with Gasteiger partial charge in [0.1, 0.15) is 40.3 Å². The summed E-state index contributed by atoms with van der Waals surface area (Å²) in [7, 11) is 0. The van der Waals surface area contributed by atoms with Crippen LogP contribution in [-0.2, 0) is 25.8 Å². The van der Waals surface area contributed by atoms with E-state index in [1.54, 1.807) is 11.6 Å². The predicted molar refractivity (Wildman–Crippen MR) is 135 cm³/mol. The van der Waals surface area contributed by atoms with E-state index in [2.05, 4.69) is 30.8 Å². The van der Waals surface area contributed by atoms with Gasteiger partial charge in [-0.2, -0.15) is 0 Å². The van der Waals surface area contributed by atoms with Gasteiger partial charge in [0.2, 0.25) is 0 Å². The maximum absolute atomic E-state index is 13.1. The van der Waals surface area contributed by atoms with E-state index in [1.165, 1.54) is 51.4 Å². The van der Waals surface area contributed by atoms with Crippen LogP contribution >= 0.6 is 46.2 Å². The predicted octanol–water partition coefficient (Wildman–Crippen LogP) is 1.02. The molecule has 0 radical (unpaired) electrons. The van der Waals surface area contributed by atoms with E-state index in [-0.39, 0.29) is 28.8 Å². The Balaban J connectivity index is 1.30. The quantitative estimate of drug-likeness (QED) is 0.133. The molecule has 0 bridgehead atoms. The molecule has 192 valence electrons. The number of aromatic nitrogens is 4. The Hall–Kier alpha value is -3.48. The number of rotatable bonds is 10. The van der Waals surface area contributed by atoms with E-state index in [9.17, 15) is 19.5 Å². The number of hydrogen-bond acceptors (Lipinski definition) is 15. The first-order valence-electron chi connectivity index (χ1n) is 10.3. The minimum absolute atomic E-state index is 0.0634. The van der Waals surface area contributed by atoms with E-state index < -0.39 is 29.2 Å². The van der Waals surface area contributed by atoms with Crippen molar-refractivity contribution < 1.29 is 28.9 Å². The maximum atomic E-state index is 13.1. The summed E-state index contributed by atoms with van der Waals surface area (Å²) in [6, 6.07) is 0.618. The minimum Gasteiger partial charge on any atom is -0.477 e. The standard InChI is InChI=1S/C19H16N8O6S4/c20-18-22-10(6-35-18)11(26-33-3-9-1-2-32-25-9)14(28)23-12-15(29)27-13(17(30)31)8(4-34-16(12)27)5-36-19-24-21-7-37-19/h1-2,6-7,12,16H,3-5H2,(H2,20,22)(H,23,28)(H,30,31)/b26-11-/t12?,16-/m1/s1. The average molecular weight is 581 g/mol. The van der Waals surface area contributed by atoms with Gasteiger partial charge in [-0.15, -0.1) is 33.3 Å². The number of carbonyl (C=O) groups is 3. The third kappa shape index (κ3) is 5.31. The van der Waals surface area contributed by atoms with E-state index in [0.29, 0.717) is 27.1 Å². The molecule has 5 rings (SSSR count). The second-order valence-electron chi connectivity index (χ2n) is 7.39. The average Bonchev–Trinajstić information content (AvgIpc) is 3.67. The zero-order valence-electron chi connectivity index (χ0n) is 18.5. The summed E-state index contributed by atoms with van der Waals surface area (Å²) in [6.45, 7) is -0.0634. The van der Waals surface area contributed by atoms with Gasteiger partial charge in [-0.25, -0.2) is 9.78 Å². The van der Waals surface area contributed by atoms with Gasteiger partial charge >= 0.3 is 5.97 Å². The summed E-state index contributed by atoms with van der Waals surface area (Å²) < 4.78 is 5.43. The van der Waals surface area contributed by atoms with Crippen LogP contribution in [0.4, 0.5) is 5.13 Å². The number of oxime groups is 1. The Labute approximate surface area is 224 Å². The smallest absolute Gasteiger partial charge is 0.352 e. The number of nitrogen functional groups attached to an aromatic ring is 1. The van der Waals surface area contributed by atoms with Gasteiger partial charge < -0.3 is 25.5 Å². The second kappa shape index (κ2) is 10.9. The van der Waals surface area contributed by atoms with Crippen molar-refractivity contribution in [1.82, 2.24) is 30.6 Å². The number of carboxylic acids is 1. The summed E-state index contributed by atoms with van der Waals surface area (Å²) in [6.07, 6.45) is 1.37. The number of aliphatic carboxylic acids is 1. The van der Waals surface area contributed by atoms with Gasteiger partial charge in [0.15, 0.2) is 21.8 Å². The molecule has 2 aliphatic heterocycles.